The van der Waals surface area contributed by atoms with Crippen LogP contribution >= 0.6 is 22.7 Å². The van der Waals surface area contributed by atoms with Crippen LogP contribution in [0.5, 0.6) is 0 Å². The molecule has 0 saturated carbocycles. The highest BCUT2D eigenvalue weighted by molar-refractivity contribution is 7.22. The van der Waals surface area contributed by atoms with Gasteiger partial charge in [0, 0.05) is 11.4 Å². The van der Waals surface area contributed by atoms with Gasteiger partial charge in [-0.25, -0.2) is 9.97 Å². The van der Waals surface area contributed by atoms with Crippen molar-refractivity contribution in [1.82, 2.24) is 9.97 Å². The maximum Gasteiger partial charge on any atom is 0.188 e. The van der Waals surface area contributed by atoms with Crippen molar-refractivity contribution in [1.29, 1.82) is 0 Å². The molecule has 26 heavy (non-hydrogen) atoms. The lowest BCUT2D eigenvalue weighted by molar-refractivity contribution is 1.42. The van der Waals surface area contributed by atoms with Gasteiger partial charge in [-0.05, 0) is 42.5 Å². The molecular weight excluding hydrogens is 360 g/mol. The topological polar surface area (TPSA) is 49.8 Å². The van der Waals surface area contributed by atoms with Crippen molar-refractivity contribution in [2.45, 2.75) is 0 Å². The van der Waals surface area contributed by atoms with Crippen molar-refractivity contribution in [3.8, 4) is 0 Å². The van der Waals surface area contributed by atoms with E-state index in [1.165, 1.54) is 9.40 Å². The fourth-order valence-corrected chi connectivity index (χ4v) is 4.55. The van der Waals surface area contributed by atoms with E-state index < -0.39 is 0 Å². The second-order valence-electron chi connectivity index (χ2n) is 5.80. The molecule has 0 radical (unpaired) electrons. The predicted molar refractivity (Wildman–Crippen MR) is 112 cm³/mol. The van der Waals surface area contributed by atoms with Gasteiger partial charge in [0.25, 0.3) is 0 Å². The fraction of sp³-hybridized carbons (Fsp3) is 0. The van der Waals surface area contributed by atoms with Gasteiger partial charge in [0.15, 0.2) is 10.3 Å². The summed E-state index contributed by atoms with van der Waals surface area (Å²) >= 11 is 3.30. The average molecular weight is 374 g/mol. The molecule has 0 saturated heterocycles. The minimum Gasteiger partial charge on any atom is -0.331 e. The first-order valence-corrected chi connectivity index (χ1v) is 9.82. The van der Waals surface area contributed by atoms with Gasteiger partial charge in [-0.15, -0.1) is 0 Å². The van der Waals surface area contributed by atoms with Crippen molar-refractivity contribution in [3.05, 3.63) is 72.8 Å². The Labute approximate surface area is 158 Å². The minimum atomic E-state index is 0.892. The molecule has 0 spiro atoms. The van der Waals surface area contributed by atoms with Crippen LogP contribution in [0.15, 0.2) is 72.8 Å². The Hall–Kier alpha value is -2.96. The van der Waals surface area contributed by atoms with Crippen LogP contribution in [0.3, 0.4) is 0 Å². The van der Waals surface area contributed by atoms with E-state index in [1.54, 1.807) is 22.7 Å². The quantitative estimate of drug-likeness (QED) is 0.382. The summed E-state index contributed by atoms with van der Waals surface area (Å²) in [4.78, 5) is 9.25. The van der Waals surface area contributed by atoms with Crippen LogP contribution in [-0.4, -0.2) is 9.97 Å². The van der Waals surface area contributed by atoms with E-state index in [4.69, 9.17) is 0 Å². The van der Waals surface area contributed by atoms with E-state index in [0.717, 1.165) is 32.7 Å². The molecule has 0 bridgehead atoms. The van der Waals surface area contributed by atoms with E-state index >= 15 is 0 Å². The summed E-state index contributed by atoms with van der Waals surface area (Å²) in [5, 5.41) is 8.58. The molecule has 5 aromatic rings. The van der Waals surface area contributed by atoms with E-state index in [0.29, 0.717) is 0 Å². The van der Waals surface area contributed by atoms with Crippen molar-refractivity contribution in [2.24, 2.45) is 0 Å². The number of hydrogen-bond donors (Lipinski definition) is 2. The number of para-hydroxylation sites is 2. The molecule has 0 amide bonds. The maximum atomic E-state index is 4.63. The van der Waals surface area contributed by atoms with Crippen LogP contribution in [0.25, 0.3) is 20.4 Å². The number of thiazole rings is 2. The third-order valence-corrected chi connectivity index (χ3v) is 5.86. The van der Waals surface area contributed by atoms with Gasteiger partial charge in [-0.1, -0.05) is 53.0 Å². The molecule has 0 unspecified atom stereocenters. The fourth-order valence-electron chi connectivity index (χ4n) is 2.77. The molecule has 0 aliphatic rings. The van der Waals surface area contributed by atoms with Crippen LogP contribution in [0, 0.1) is 0 Å². The summed E-state index contributed by atoms with van der Waals surface area (Å²) in [6.07, 6.45) is 0. The van der Waals surface area contributed by atoms with E-state index in [2.05, 4.69) is 38.8 Å². The van der Waals surface area contributed by atoms with Crippen LogP contribution < -0.4 is 10.6 Å². The van der Waals surface area contributed by atoms with Crippen molar-refractivity contribution in [2.75, 3.05) is 10.6 Å². The Morgan fingerprint density at radius 3 is 1.58 bits per heavy atom. The Balaban J connectivity index is 1.39. The second kappa shape index (κ2) is 6.40. The summed E-state index contributed by atoms with van der Waals surface area (Å²) in [6, 6.07) is 24.5. The number of aromatic nitrogens is 2. The van der Waals surface area contributed by atoms with Gasteiger partial charge in [-0.3, -0.25) is 0 Å². The highest BCUT2D eigenvalue weighted by Gasteiger charge is 2.06. The average Bonchev–Trinajstić information content (AvgIpc) is 3.24. The lowest BCUT2D eigenvalue weighted by Gasteiger charge is -2.06. The SMILES string of the molecule is c1cc(Nc2nc3ccccc3s2)cc(Nc2nc3ccccc3s2)c1. The molecule has 3 aromatic carbocycles. The van der Waals surface area contributed by atoms with Gasteiger partial charge in [0.2, 0.25) is 0 Å². The smallest absolute Gasteiger partial charge is 0.188 e. The summed E-state index contributed by atoms with van der Waals surface area (Å²) in [5.41, 5.74) is 4.03. The zero-order chi connectivity index (χ0) is 17.3. The molecule has 126 valence electrons. The van der Waals surface area contributed by atoms with Crippen LogP contribution in [-0.2, 0) is 0 Å². The van der Waals surface area contributed by atoms with E-state index in [1.807, 2.05) is 54.6 Å². The zero-order valence-electron chi connectivity index (χ0n) is 13.6. The lowest BCUT2D eigenvalue weighted by atomic mass is 10.3. The number of anilines is 4. The summed E-state index contributed by atoms with van der Waals surface area (Å²) < 4.78 is 2.36. The Morgan fingerprint density at radius 1 is 0.577 bits per heavy atom. The Morgan fingerprint density at radius 2 is 1.08 bits per heavy atom. The summed E-state index contributed by atoms with van der Waals surface area (Å²) in [5.74, 6) is 0. The molecule has 2 N–H and O–H groups in total. The minimum absolute atomic E-state index is 0.892. The van der Waals surface area contributed by atoms with Gasteiger partial charge >= 0.3 is 0 Å². The van der Waals surface area contributed by atoms with Gasteiger partial charge in [0.05, 0.1) is 20.4 Å². The zero-order valence-corrected chi connectivity index (χ0v) is 15.3. The Kier molecular flexibility index (Phi) is 3.77. The van der Waals surface area contributed by atoms with Crippen molar-refractivity contribution >= 4 is 64.7 Å². The number of benzene rings is 3. The van der Waals surface area contributed by atoms with Crippen LogP contribution in [0.2, 0.25) is 0 Å². The molecular formula is C20H14N4S2. The highest BCUT2D eigenvalue weighted by atomic mass is 32.1. The maximum absolute atomic E-state index is 4.63. The first kappa shape index (κ1) is 15.3. The van der Waals surface area contributed by atoms with E-state index in [9.17, 15) is 0 Å². The van der Waals surface area contributed by atoms with Crippen molar-refractivity contribution in [3.63, 3.8) is 0 Å². The van der Waals surface area contributed by atoms with Gasteiger partial charge in [0.1, 0.15) is 0 Å². The summed E-state index contributed by atoms with van der Waals surface area (Å²) in [6.45, 7) is 0. The first-order valence-electron chi connectivity index (χ1n) is 8.19. The molecule has 4 nitrogen and oxygen atoms in total. The molecule has 0 fully saturated rings. The van der Waals surface area contributed by atoms with Gasteiger partial charge < -0.3 is 10.6 Å². The van der Waals surface area contributed by atoms with Crippen LogP contribution in [0.1, 0.15) is 0 Å². The number of hydrogen-bond acceptors (Lipinski definition) is 6. The Bertz CT molecular complexity index is 1050. The standard InChI is InChI=1S/C20H14N4S2/c1-3-10-17-15(8-1)23-19(25-17)21-13-6-5-7-14(12-13)22-20-24-16-9-2-4-11-18(16)26-20/h1-12H,(H,21,23)(H,22,24). The molecule has 0 aliphatic carbocycles. The van der Waals surface area contributed by atoms with Crippen molar-refractivity contribution < 1.29 is 0 Å². The molecule has 0 aliphatic heterocycles. The molecule has 2 aromatic heterocycles. The third kappa shape index (κ3) is 3.00. The number of fused-ring (bicyclic) bond motifs is 2. The predicted octanol–water partition coefficient (Wildman–Crippen LogP) is 6.39. The molecule has 2 heterocycles. The lowest BCUT2D eigenvalue weighted by Crippen LogP contribution is -1.92. The molecule has 0 atom stereocenters. The second-order valence-corrected chi connectivity index (χ2v) is 7.87. The highest BCUT2D eigenvalue weighted by Crippen LogP contribution is 2.31. The first-order chi connectivity index (χ1) is 12.8. The number of rotatable bonds is 4. The summed E-state index contributed by atoms with van der Waals surface area (Å²) in [7, 11) is 0. The monoisotopic (exact) mass is 374 g/mol. The largest absolute Gasteiger partial charge is 0.331 e. The molecule has 6 heteroatoms. The number of nitrogens with one attached hydrogen (secondary N) is 2. The normalized spacial score (nSPS) is 11.1. The molecule has 5 rings (SSSR count). The van der Waals surface area contributed by atoms with Crippen LogP contribution in [0.4, 0.5) is 21.6 Å². The van der Waals surface area contributed by atoms with Gasteiger partial charge in [-0.2, -0.15) is 0 Å². The number of nitrogens with zero attached hydrogens (tertiary/aromatic N) is 2. The van der Waals surface area contributed by atoms with E-state index in [-0.39, 0.29) is 0 Å². The third-order valence-electron chi connectivity index (χ3n) is 3.95.